The van der Waals surface area contributed by atoms with Crippen LogP contribution in [0, 0.1) is 0 Å². The van der Waals surface area contributed by atoms with Gasteiger partial charge in [0.2, 0.25) is 10.0 Å². The Morgan fingerprint density at radius 1 is 0.844 bits per heavy atom. The summed E-state index contributed by atoms with van der Waals surface area (Å²) in [7, 11) is -3.77. The Kier molecular flexibility index (Phi) is 8.45. The molecule has 3 aromatic rings. The summed E-state index contributed by atoms with van der Waals surface area (Å²) in [5.74, 6) is -0.762. The average Bonchev–Trinajstić information content (AvgIpc) is 2.78. The molecule has 168 valence electrons. The lowest BCUT2D eigenvalue weighted by Gasteiger charge is -2.20. The van der Waals surface area contributed by atoms with E-state index in [0.29, 0.717) is 11.4 Å². The van der Waals surface area contributed by atoms with E-state index >= 15 is 0 Å². The number of carboxylic acids is 1. The van der Waals surface area contributed by atoms with Crippen LogP contribution in [0.1, 0.15) is 48.4 Å². The Labute approximate surface area is 194 Å². The van der Waals surface area contributed by atoms with Crippen LogP contribution in [-0.2, 0) is 21.2 Å². The van der Waals surface area contributed by atoms with Crippen LogP contribution in [0.5, 0.6) is 0 Å². The maximum atomic E-state index is 13.0. The first-order valence-corrected chi connectivity index (χ1v) is 12.3. The van der Waals surface area contributed by atoms with Gasteiger partial charge in [0.25, 0.3) is 0 Å². The minimum atomic E-state index is -3.77. The molecule has 0 aromatic heterocycles. The maximum absolute atomic E-state index is 13.0. The number of hydrogen-bond acceptors (Lipinski definition) is 3. The fourth-order valence-electron chi connectivity index (χ4n) is 3.47. The van der Waals surface area contributed by atoms with Crippen molar-refractivity contribution < 1.29 is 18.3 Å². The molecule has 3 aromatic carbocycles. The van der Waals surface area contributed by atoms with Gasteiger partial charge in [-0.15, -0.1) is 0 Å². The zero-order valence-corrected chi connectivity index (χ0v) is 19.1. The molecule has 0 spiro atoms. The van der Waals surface area contributed by atoms with Crippen molar-refractivity contribution in [3.8, 4) is 0 Å². The summed E-state index contributed by atoms with van der Waals surface area (Å²) in [6, 6.07) is 22.9. The molecule has 0 saturated carbocycles. The van der Waals surface area contributed by atoms with Crippen LogP contribution in [-0.4, -0.2) is 19.5 Å². The third-order valence-corrected chi connectivity index (χ3v) is 6.89. The van der Waals surface area contributed by atoms with Gasteiger partial charge in [-0.1, -0.05) is 72.6 Å². The number of sulfonamides is 1. The first-order valence-electron chi connectivity index (χ1n) is 10.5. The number of carbonyl (C=O) groups is 1. The van der Waals surface area contributed by atoms with Crippen LogP contribution >= 0.6 is 11.6 Å². The number of halogens is 1. The zero-order chi connectivity index (χ0) is 23.0. The van der Waals surface area contributed by atoms with Crippen LogP contribution in [0.4, 0.5) is 0 Å². The third kappa shape index (κ3) is 6.92. The average molecular weight is 472 g/mol. The highest BCUT2D eigenvalue weighted by Gasteiger charge is 2.23. The van der Waals surface area contributed by atoms with Crippen LogP contribution in [0.3, 0.4) is 0 Å². The van der Waals surface area contributed by atoms with Crippen molar-refractivity contribution in [3.05, 3.63) is 101 Å². The molecule has 0 radical (unpaired) electrons. The van der Waals surface area contributed by atoms with Gasteiger partial charge < -0.3 is 5.11 Å². The molecule has 0 heterocycles. The van der Waals surface area contributed by atoms with Crippen molar-refractivity contribution in [1.29, 1.82) is 0 Å². The largest absolute Gasteiger partial charge is 0.481 e. The second-order valence-electron chi connectivity index (χ2n) is 7.61. The van der Waals surface area contributed by atoms with E-state index in [0.717, 1.165) is 36.0 Å². The van der Waals surface area contributed by atoms with Crippen molar-refractivity contribution in [2.75, 3.05) is 0 Å². The molecule has 0 aliphatic heterocycles. The van der Waals surface area contributed by atoms with Gasteiger partial charge in [0.05, 0.1) is 10.9 Å². The Balaban J connectivity index is 1.76. The molecule has 3 rings (SSSR count). The number of nitrogens with one attached hydrogen (secondary N) is 1. The number of benzene rings is 3. The number of hydrogen-bond donors (Lipinski definition) is 2. The van der Waals surface area contributed by atoms with Gasteiger partial charge in [-0.3, -0.25) is 4.79 Å². The molecule has 7 heteroatoms. The summed E-state index contributed by atoms with van der Waals surface area (Å²) in [4.78, 5) is 10.8. The van der Waals surface area contributed by atoms with Crippen LogP contribution in [0.2, 0.25) is 5.02 Å². The summed E-state index contributed by atoms with van der Waals surface area (Å²) in [5, 5.41) is 9.19. The van der Waals surface area contributed by atoms with E-state index in [1.165, 1.54) is 12.1 Å². The second-order valence-corrected chi connectivity index (χ2v) is 9.77. The molecular formula is C25H26ClNO4S. The number of rotatable bonds is 11. The number of aliphatic carboxylic acids is 1. The van der Waals surface area contributed by atoms with Gasteiger partial charge in [-0.05, 0) is 60.2 Å². The molecule has 0 saturated heterocycles. The topological polar surface area (TPSA) is 83.5 Å². The minimum Gasteiger partial charge on any atom is -0.481 e. The first kappa shape index (κ1) is 24.0. The maximum Gasteiger partial charge on any atom is 0.303 e. The zero-order valence-electron chi connectivity index (χ0n) is 17.6. The van der Waals surface area contributed by atoms with Crippen molar-refractivity contribution in [3.63, 3.8) is 0 Å². The molecule has 32 heavy (non-hydrogen) atoms. The van der Waals surface area contributed by atoms with E-state index in [4.69, 9.17) is 16.7 Å². The number of aryl methyl sites for hydroxylation is 1. The SMILES string of the molecule is O=C(O)CCCCCc1ccc(C(NS(=O)(=O)c2ccc(Cl)cc2)c2ccccc2)cc1. The fourth-order valence-corrected chi connectivity index (χ4v) is 4.81. The van der Waals surface area contributed by atoms with Gasteiger partial charge >= 0.3 is 5.97 Å². The lowest BCUT2D eigenvalue weighted by atomic mass is 9.97. The predicted molar refractivity (Wildman–Crippen MR) is 126 cm³/mol. The molecule has 1 unspecified atom stereocenters. The smallest absolute Gasteiger partial charge is 0.303 e. The summed E-state index contributed by atoms with van der Waals surface area (Å²) in [5.41, 5.74) is 2.81. The monoisotopic (exact) mass is 471 g/mol. The molecule has 0 bridgehead atoms. The van der Waals surface area contributed by atoms with Gasteiger partial charge in [0, 0.05) is 11.4 Å². The highest BCUT2D eigenvalue weighted by Crippen LogP contribution is 2.26. The van der Waals surface area contributed by atoms with E-state index in [1.807, 2.05) is 54.6 Å². The molecule has 0 amide bonds. The molecule has 1 atom stereocenters. The third-order valence-electron chi connectivity index (χ3n) is 5.20. The van der Waals surface area contributed by atoms with Crippen LogP contribution in [0.25, 0.3) is 0 Å². The highest BCUT2D eigenvalue weighted by atomic mass is 35.5. The molecule has 0 aliphatic carbocycles. The normalized spacial score (nSPS) is 12.4. The van der Waals surface area contributed by atoms with Crippen molar-refractivity contribution in [1.82, 2.24) is 4.72 Å². The van der Waals surface area contributed by atoms with Crippen molar-refractivity contribution in [2.24, 2.45) is 0 Å². The molecular weight excluding hydrogens is 446 g/mol. The Morgan fingerprint density at radius 3 is 2.09 bits per heavy atom. The second kappa shape index (κ2) is 11.3. The summed E-state index contributed by atoms with van der Waals surface area (Å²) >= 11 is 5.90. The molecule has 0 fully saturated rings. The fraction of sp³-hybridized carbons (Fsp3) is 0.240. The summed E-state index contributed by atoms with van der Waals surface area (Å²) in [6.45, 7) is 0. The number of carboxylic acid groups (broad SMARTS) is 1. The van der Waals surface area contributed by atoms with Gasteiger partial charge in [0.1, 0.15) is 0 Å². The Bertz CT molecular complexity index is 1110. The van der Waals surface area contributed by atoms with E-state index < -0.39 is 22.0 Å². The predicted octanol–water partition coefficient (Wildman–Crippen LogP) is 5.60. The molecule has 5 nitrogen and oxygen atoms in total. The lowest BCUT2D eigenvalue weighted by Crippen LogP contribution is -2.29. The minimum absolute atomic E-state index is 0.154. The first-order chi connectivity index (χ1) is 15.3. The standard InChI is InChI=1S/C25H26ClNO4S/c26-22-15-17-23(18-16-22)32(30,31)27-25(20-8-4-2-5-9-20)21-13-11-19(12-14-21)7-3-1-6-10-24(28)29/h2,4-5,8-9,11-18,25,27H,1,3,6-7,10H2,(H,28,29). The summed E-state index contributed by atoms with van der Waals surface area (Å²) < 4.78 is 28.9. The molecule has 0 aliphatic rings. The summed E-state index contributed by atoms with van der Waals surface area (Å²) in [6.07, 6.45) is 3.51. The van der Waals surface area contributed by atoms with E-state index in [9.17, 15) is 13.2 Å². The van der Waals surface area contributed by atoms with Crippen LogP contribution in [0.15, 0.2) is 83.8 Å². The van der Waals surface area contributed by atoms with Crippen LogP contribution < -0.4 is 4.72 Å². The Hall–Kier alpha value is -2.67. The Morgan fingerprint density at radius 2 is 1.47 bits per heavy atom. The lowest BCUT2D eigenvalue weighted by molar-refractivity contribution is -0.137. The van der Waals surface area contributed by atoms with E-state index in [2.05, 4.69) is 4.72 Å². The van der Waals surface area contributed by atoms with E-state index in [1.54, 1.807) is 12.1 Å². The van der Waals surface area contributed by atoms with Gasteiger partial charge in [-0.25, -0.2) is 8.42 Å². The van der Waals surface area contributed by atoms with E-state index in [-0.39, 0.29) is 11.3 Å². The van der Waals surface area contributed by atoms with Gasteiger partial charge in [0.15, 0.2) is 0 Å². The number of unbranched alkanes of at least 4 members (excludes halogenated alkanes) is 2. The van der Waals surface area contributed by atoms with Gasteiger partial charge in [-0.2, -0.15) is 4.72 Å². The van der Waals surface area contributed by atoms with Crippen molar-refractivity contribution >= 4 is 27.6 Å². The van der Waals surface area contributed by atoms with Crippen molar-refractivity contribution in [2.45, 2.75) is 43.0 Å². The molecule has 2 N–H and O–H groups in total. The quantitative estimate of drug-likeness (QED) is 0.357. The highest BCUT2D eigenvalue weighted by molar-refractivity contribution is 7.89.